The number of carbonyl (C=O) groups excluding carboxylic acids is 1. The van der Waals surface area contributed by atoms with E-state index in [0.717, 1.165) is 18.8 Å². The Morgan fingerprint density at radius 1 is 1.32 bits per heavy atom. The summed E-state index contributed by atoms with van der Waals surface area (Å²) in [7, 11) is 0. The lowest BCUT2D eigenvalue weighted by Crippen LogP contribution is -2.53. The average Bonchev–Trinajstić information content (AvgIpc) is 2.83. The molecule has 6 heteroatoms. The van der Waals surface area contributed by atoms with Gasteiger partial charge in [0.1, 0.15) is 0 Å². The Bertz CT molecular complexity index is 556. The van der Waals surface area contributed by atoms with E-state index in [9.17, 15) is 9.59 Å². The van der Waals surface area contributed by atoms with Gasteiger partial charge in [-0.05, 0) is 46.7 Å². The fraction of sp³-hybridized carbons (Fsp3) is 0.750. The van der Waals surface area contributed by atoms with Crippen molar-refractivity contribution in [2.75, 3.05) is 19.6 Å². The van der Waals surface area contributed by atoms with Gasteiger partial charge in [-0.25, -0.2) is 0 Å². The molecule has 0 atom stereocenters. The normalized spacial score (nSPS) is 16.7. The topological polar surface area (TPSA) is 54.3 Å². The van der Waals surface area contributed by atoms with Crippen molar-refractivity contribution in [3.63, 3.8) is 0 Å². The maximum Gasteiger partial charge on any atom is 0.307 e. The zero-order chi connectivity index (χ0) is 16.2. The Labute approximate surface area is 136 Å². The third kappa shape index (κ3) is 4.43. The fourth-order valence-corrected chi connectivity index (χ4v) is 3.66. The van der Waals surface area contributed by atoms with Crippen LogP contribution in [0, 0.1) is 6.92 Å². The molecule has 1 aliphatic heterocycles. The van der Waals surface area contributed by atoms with Crippen LogP contribution in [0.2, 0.25) is 0 Å². The Hall–Kier alpha value is -1.14. The maximum absolute atomic E-state index is 12.0. The number of rotatable bonds is 6. The molecule has 1 aromatic rings. The summed E-state index contributed by atoms with van der Waals surface area (Å²) in [5.41, 5.74) is 0.919. The third-order valence-electron chi connectivity index (χ3n) is 4.47. The zero-order valence-corrected chi connectivity index (χ0v) is 14.7. The van der Waals surface area contributed by atoms with Crippen LogP contribution in [0.25, 0.3) is 0 Å². The van der Waals surface area contributed by atoms with Crippen LogP contribution in [0.15, 0.2) is 10.2 Å². The average molecular weight is 325 g/mol. The predicted octanol–water partition coefficient (Wildman–Crippen LogP) is 1.99. The van der Waals surface area contributed by atoms with Crippen molar-refractivity contribution in [1.82, 2.24) is 14.8 Å². The first-order chi connectivity index (χ1) is 10.4. The molecule has 1 saturated heterocycles. The monoisotopic (exact) mass is 325 g/mol. The lowest BCUT2D eigenvalue weighted by Gasteiger charge is -2.41. The molecule has 0 radical (unpaired) electrons. The lowest BCUT2D eigenvalue weighted by molar-refractivity contribution is -0.122. The van der Waals surface area contributed by atoms with E-state index in [2.05, 4.69) is 24.1 Å². The van der Waals surface area contributed by atoms with Crippen molar-refractivity contribution in [1.29, 1.82) is 0 Å². The summed E-state index contributed by atoms with van der Waals surface area (Å²) in [6, 6.07) is 0. The highest BCUT2D eigenvalue weighted by molar-refractivity contribution is 7.07. The van der Waals surface area contributed by atoms with Crippen LogP contribution >= 0.6 is 11.3 Å². The van der Waals surface area contributed by atoms with Gasteiger partial charge in [-0.1, -0.05) is 17.8 Å². The first kappa shape index (κ1) is 17.2. The number of thiazole rings is 1. The molecular formula is C16H27N3O2S. The highest BCUT2D eigenvalue weighted by Gasteiger charge is 2.28. The minimum atomic E-state index is -0.00872. The van der Waals surface area contributed by atoms with Gasteiger partial charge in [0, 0.05) is 36.1 Å². The van der Waals surface area contributed by atoms with Crippen molar-refractivity contribution in [3.05, 3.63) is 20.7 Å². The fourth-order valence-electron chi connectivity index (χ4n) is 2.90. The molecule has 0 aromatic carbocycles. The largest absolute Gasteiger partial charge is 0.354 e. The molecule has 0 spiro atoms. The minimum Gasteiger partial charge on any atom is -0.354 e. The highest BCUT2D eigenvalue weighted by Crippen LogP contribution is 2.19. The quantitative estimate of drug-likeness (QED) is 0.870. The van der Waals surface area contributed by atoms with Gasteiger partial charge in [0.05, 0.1) is 0 Å². The van der Waals surface area contributed by atoms with Crippen LogP contribution in [-0.4, -0.2) is 40.5 Å². The summed E-state index contributed by atoms with van der Waals surface area (Å²) >= 11 is 1.19. The summed E-state index contributed by atoms with van der Waals surface area (Å²) in [6.07, 6.45) is 4.16. The van der Waals surface area contributed by atoms with Crippen molar-refractivity contribution in [3.8, 4) is 0 Å². The number of nitrogens with one attached hydrogen (secondary N) is 1. The van der Waals surface area contributed by atoms with E-state index in [4.69, 9.17) is 0 Å². The molecule has 2 rings (SSSR count). The standard InChI is InChI=1S/C16H27N3O2S/c1-13-11-22-15(21)19(13)10-7-14(20)17-12-16(2,3)18-8-5-4-6-9-18/h11H,4-10,12H2,1-3H3,(H,17,20). The minimum absolute atomic E-state index is 0.00872. The number of nitrogens with zero attached hydrogens (tertiary/aromatic N) is 2. The lowest BCUT2D eigenvalue weighted by atomic mass is 9.98. The molecule has 0 saturated carbocycles. The van der Waals surface area contributed by atoms with Crippen LogP contribution in [0.5, 0.6) is 0 Å². The molecule has 1 aromatic heterocycles. The van der Waals surface area contributed by atoms with E-state index in [0.29, 0.717) is 19.5 Å². The number of aryl methyl sites for hydroxylation is 1. The Morgan fingerprint density at radius 3 is 2.59 bits per heavy atom. The van der Waals surface area contributed by atoms with Gasteiger partial charge in [0.15, 0.2) is 0 Å². The number of carbonyl (C=O) groups is 1. The molecule has 1 amide bonds. The van der Waals surface area contributed by atoms with E-state index in [-0.39, 0.29) is 16.3 Å². The van der Waals surface area contributed by atoms with Crippen LogP contribution in [0.4, 0.5) is 0 Å². The summed E-state index contributed by atoms with van der Waals surface area (Å²) < 4.78 is 1.67. The van der Waals surface area contributed by atoms with Gasteiger partial charge in [-0.15, -0.1) is 0 Å². The number of aromatic nitrogens is 1. The second-order valence-corrected chi connectivity index (χ2v) is 7.50. The first-order valence-electron chi connectivity index (χ1n) is 8.07. The van der Waals surface area contributed by atoms with Gasteiger partial charge in [0.2, 0.25) is 5.91 Å². The van der Waals surface area contributed by atoms with Crippen LogP contribution < -0.4 is 10.2 Å². The Morgan fingerprint density at radius 2 is 2.00 bits per heavy atom. The van der Waals surface area contributed by atoms with Gasteiger partial charge in [0.25, 0.3) is 0 Å². The molecule has 0 unspecified atom stereocenters. The van der Waals surface area contributed by atoms with Gasteiger partial charge >= 0.3 is 4.87 Å². The smallest absolute Gasteiger partial charge is 0.307 e. The number of amides is 1. The van der Waals surface area contributed by atoms with E-state index < -0.39 is 0 Å². The molecule has 124 valence electrons. The van der Waals surface area contributed by atoms with E-state index in [1.54, 1.807) is 4.57 Å². The second kappa shape index (κ2) is 7.42. The summed E-state index contributed by atoms with van der Waals surface area (Å²) in [5.74, 6) is 0.0163. The molecule has 1 N–H and O–H groups in total. The third-order valence-corrected chi connectivity index (χ3v) is 5.35. The molecular weight excluding hydrogens is 298 g/mol. The van der Waals surface area contributed by atoms with Crippen LogP contribution in [0.3, 0.4) is 0 Å². The molecule has 5 nitrogen and oxygen atoms in total. The van der Waals surface area contributed by atoms with E-state index in [1.165, 1.54) is 30.6 Å². The summed E-state index contributed by atoms with van der Waals surface area (Å²) in [5, 5.41) is 4.86. The van der Waals surface area contributed by atoms with Crippen molar-refractivity contribution >= 4 is 17.2 Å². The molecule has 22 heavy (non-hydrogen) atoms. The number of likely N-dealkylation sites (tertiary alicyclic amines) is 1. The predicted molar refractivity (Wildman–Crippen MR) is 90.4 cm³/mol. The van der Waals surface area contributed by atoms with Crippen LogP contribution in [-0.2, 0) is 11.3 Å². The summed E-state index contributed by atoms with van der Waals surface area (Å²) in [6.45, 7) is 9.62. The SMILES string of the molecule is Cc1csc(=O)n1CCC(=O)NCC(C)(C)N1CCCCC1. The Balaban J connectivity index is 1.78. The number of hydrogen-bond donors (Lipinski definition) is 1. The maximum atomic E-state index is 12.0. The van der Waals surface area contributed by atoms with Crippen LogP contribution in [0.1, 0.15) is 45.2 Å². The van der Waals surface area contributed by atoms with E-state index >= 15 is 0 Å². The van der Waals surface area contributed by atoms with E-state index in [1.807, 2.05) is 12.3 Å². The van der Waals surface area contributed by atoms with Gasteiger partial charge < -0.3 is 9.88 Å². The van der Waals surface area contributed by atoms with Crippen molar-refractivity contribution in [2.24, 2.45) is 0 Å². The van der Waals surface area contributed by atoms with Crippen molar-refractivity contribution < 1.29 is 4.79 Å². The highest BCUT2D eigenvalue weighted by atomic mass is 32.1. The van der Waals surface area contributed by atoms with Crippen molar-refractivity contribution in [2.45, 2.75) is 58.5 Å². The second-order valence-electron chi connectivity index (χ2n) is 6.68. The number of hydrogen-bond acceptors (Lipinski definition) is 4. The molecule has 0 aliphatic carbocycles. The number of piperidine rings is 1. The van der Waals surface area contributed by atoms with Gasteiger partial charge in [-0.3, -0.25) is 14.5 Å². The van der Waals surface area contributed by atoms with Gasteiger partial charge in [-0.2, -0.15) is 0 Å². The molecule has 2 heterocycles. The zero-order valence-electron chi connectivity index (χ0n) is 13.9. The molecule has 1 aliphatic rings. The molecule has 1 fully saturated rings. The first-order valence-corrected chi connectivity index (χ1v) is 8.95. The Kier molecular flexibility index (Phi) is 5.81. The summed E-state index contributed by atoms with van der Waals surface area (Å²) in [4.78, 5) is 26.1. The molecule has 0 bridgehead atoms.